The Bertz CT molecular complexity index is 1310. The molecular formula is C30H48Cl3N3O6Si2. The van der Waals surface area contributed by atoms with Crippen LogP contribution in [0.1, 0.15) is 64.7 Å². The van der Waals surface area contributed by atoms with Crippen LogP contribution in [0.4, 0.5) is 0 Å². The van der Waals surface area contributed by atoms with Crippen molar-refractivity contribution in [1.29, 1.82) is 0 Å². The quantitative estimate of drug-likeness (QED) is 0.0979. The number of fused-ring (bicyclic) bond motifs is 4. The molecule has 0 bridgehead atoms. The summed E-state index contributed by atoms with van der Waals surface area (Å²) in [5, 5.41) is 2.85. The van der Waals surface area contributed by atoms with E-state index in [0.29, 0.717) is 18.7 Å². The summed E-state index contributed by atoms with van der Waals surface area (Å²) in [4.78, 5) is 29.7. The highest BCUT2D eigenvalue weighted by Gasteiger charge is 2.66. The topological polar surface area (TPSA) is 91.3 Å². The van der Waals surface area contributed by atoms with Gasteiger partial charge in [0.25, 0.3) is 15.6 Å². The number of aromatic nitrogens is 1. The highest BCUT2D eigenvalue weighted by molar-refractivity contribution is 6.76. The Balaban J connectivity index is 2.02. The summed E-state index contributed by atoms with van der Waals surface area (Å²) in [6, 6.07) is 3.59. The minimum atomic E-state index is -2.54. The summed E-state index contributed by atoms with van der Waals surface area (Å²) in [5.41, 5.74) is 0.647. The van der Waals surface area contributed by atoms with Crippen LogP contribution in [0.5, 0.6) is 0 Å². The van der Waals surface area contributed by atoms with Crippen LogP contribution >= 0.6 is 34.8 Å². The van der Waals surface area contributed by atoms with Gasteiger partial charge in [0.2, 0.25) is 0 Å². The number of nitrogens with zero attached hydrogens (tertiary/aromatic N) is 2. The molecule has 0 spiro atoms. The SMILES string of the molecule is COCOCC1=C2[C@H](C[C@H]1O[Si](C)(C)C(C)(C)C)CN1C(=O)c3cccn3[C@H](O[Si](C)(C)C(C)(C)C)[C@]21NC(=O)C(Cl)(Cl)Cl. The van der Waals surface area contributed by atoms with Crippen molar-refractivity contribution in [3.05, 3.63) is 35.2 Å². The third-order valence-corrected chi connectivity index (χ3v) is 19.6. The summed E-state index contributed by atoms with van der Waals surface area (Å²) < 4.78 is 25.0. The number of methoxy groups -OCH3 is 1. The van der Waals surface area contributed by atoms with Gasteiger partial charge in [-0.25, -0.2) is 0 Å². The normalized spacial score (nSPS) is 26.2. The molecule has 2 aliphatic heterocycles. The zero-order chi connectivity index (χ0) is 33.3. The zero-order valence-corrected chi connectivity index (χ0v) is 32.0. The molecule has 3 aliphatic rings. The number of hydrogen-bond acceptors (Lipinski definition) is 6. The van der Waals surface area contributed by atoms with Gasteiger partial charge < -0.3 is 33.1 Å². The van der Waals surface area contributed by atoms with E-state index in [-0.39, 0.29) is 41.4 Å². The smallest absolute Gasteiger partial charge is 0.274 e. The third kappa shape index (κ3) is 6.22. The van der Waals surface area contributed by atoms with Gasteiger partial charge in [-0.1, -0.05) is 76.3 Å². The Labute approximate surface area is 279 Å². The van der Waals surface area contributed by atoms with Crippen molar-refractivity contribution in [3.63, 3.8) is 0 Å². The third-order valence-electron chi connectivity index (χ3n) is 10.2. The summed E-state index contributed by atoms with van der Waals surface area (Å²) in [5.74, 6) is -1.24. The van der Waals surface area contributed by atoms with Crippen LogP contribution in [0.25, 0.3) is 0 Å². The molecule has 1 aromatic rings. The molecule has 0 aromatic carbocycles. The summed E-state index contributed by atoms with van der Waals surface area (Å²) in [6.45, 7) is 22.3. The van der Waals surface area contributed by atoms with E-state index >= 15 is 0 Å². The van der Waals surface area contributed by atoms with Crippen molar-refractivity contribution < 1.29 is 27.9 Å². The Hall–Kier alpha value is -0.896. The molecule has 1 saturated heterocycles. The van der Waals surface area contributed by atoms with Crippen LogP contribution < -0.4 is 5.32 Å². The molecular weight excluding hydrogens is 661 g/mol. The van der Waals surface area contributed by atoms with E-state index in [2.05, 4.69) is 73.0 Å². The fourth-order valence-corrected chi connectivity index (χ4v) is 8.55. The van der Waals surface area contributed by atoms with Gasteiger partial charge in [0.1, 0.15) is 12.5 Å². The minimum absolute atomic E-state index is 0.0455. The Morgan fingerprint density at radius 3 is 2.18 bits per heavy atom. The van der Waals surface area contributed by atoms with Crippen molar-refractivity contribution >= 4 is 63.3 Å². The molecule has 14 heteroatoms. The molecule has 1 N–H and O–H groups in total. The molecule has 0 radical (unpaired) electrons. The Morgan fingerprint density at radius 1 is 1.05 bits per heavy atom. The lowest BCUT2D eigenvalue weighted by Crippen LogP contribution is -2.70. The van der Waals surface area contributed by atoms with E-state index < -0.39 is 38.2 Å². The van der Waals surface area contributed by atoms with Gasteiger partial charge in [0.05, 0.1) is 12.7 Å². The number of carbonyl (C=O) groups is 2. The van der Waals surface area contributed by atoms with E-state index in [4.69, 9.17) is 53.1 Å². The lowest BCUT2D eigenvalue weighted by atomic mass is 9.90. The van der Waals surface area contributed by atoms with Crippen LogP contribution in [-0.4, -0.2) is 80.5 Å². The van der Waals surface area contributed by atoms with Crippen molar-refractivity contribution in [2.75, 3.05) is 27.1 Å². The molecule has 1 fully saturated rings. The largest absolute Gasteiger partial charge is 0.410 e. The van der Waals surface area contributed by atoms with Crippen molar-refractivity contribution in [1.82, 2.24) is 14.8 Å². The van der Waals surface area contributed by atoms with Crippen LogP contribution in [0.15, 0.2) is 29.5 Å². The van der Waals surface area contributed by atoms with Crippen molar-refractivity contribution in [2.24, 2.45) is 5.92 Å². The van der Waals surface area contributed by atoms with Gasteiger partial charge in [0.15, 0.2) is 28.5 Å². The second-order valence-corrected chi connectivity index (χ2v) is 27.0. The number of hydrogen-bond donors (Lipinski definition) is 1. The molecule has 0 unspecified atom stereocenters. The van der Waals surface area contributed by atoms with Crippen LogP contribution in [0, 0.1) is 5.92 Å². The summed E-state index contributed by atoms with van der Waals surface area (Å²) in [7, 11) is -3.24. The molecule has 1 aliphatic carbocycles. The minimum Gasteiger partial charge on any atom is -0.410 e. The number of carbonyl (C=O) groups excluding carboxylic acids is 2. The molecule has 2 amide bonds. The van der Waals surface area contributed by atoms with Gasteiger partial charge in [-0.15, -0.1) is 0 Å². The van der Waals surface area contributed by atoms with Gasteiger partial charge in [0, 0.05) is 25.8 Å². The molecule has 44 heavy (non-hydrogen) atoms. The summed E-state index contributed by atoms with van der Waals surface area (Å²) >= 11 is 18.6. The number of ether oxygens (including phenoxy) is 2. The van der Waals surface area contributed by atoms with Gasteiger partial charge >= 0.3 is 0 Å². The first-order valence-corrected chi connectivity index (χ1v) is 22.0. The average molecular weight is 709 g/mol. The zero-order valence-electron chi connectivity index (χ0n) is 27.8. The second kappa shape index (κ2) is 12.0. The molecule has 248 valence electrons. The van der Waals surface area contributed by atoms with E-state index in [9.17, 15) is 9.59 Å². The average Bonchev–Trinajstić information content (AvgIpc) is 3.55. The maximum atomic E-state index is 14.3. The maximum absolute atomic E-state index is 14.3. The number of rotatable bonds is 9. The Kier molecular flexibility index (Phi) is 9.78. The fraction of sp³-hybridized carbons (Fsp3) is 0.733. The van der Waals surface area contributed by atoms with E-state index in [1.165, 1.54) is 0 Å². The van der Waals surface area contributed by atoms with Gasteiger partial charge in [-0.3, -0.25) is 9.59 Å². The second-order valence-electron chi connectivity index (χ2n) is 15.2. The highest BCUT2D eigenvalue weighted by Crippen LogP contribution is 2.57. The first-order valence-electron chi connectivity index (χ1n) is 15.0. The lowest BCUT2D eigenvalue weighted by molar-refractivity contribution is -0.128. The first-order chi connectivity index (χ1) is 20.0. The molecule has 9 nitrogen and oxygen atoms in total. The van der Waals surface area contributed by atoms with Gasteiger partial charge in [-0.05, 0) is 66.0 Å². The molecule has 4 atom stereocenters. The monoisotopic (exact) mass is 707 g/mol. The van der Waals surface area contributed by atoms with Crippen molar-refractivity contribution in [2.45, 2.75) is 106 Å². The molecule has 1 aromatic heterocycles. The van der Waals surface area contributed by atoms with Crippen molar-refractivity contribution in [3.8, 4) is 0 Å². The lowest BCUT2D eigenvalue weighted by Gasteiger charge is -2.53. The van der Waals surface area contributed by atoms with E-state index in [1.807, 2.05) is 16.8 Å². The van der Waals surface area contributed by atoms with Gasteiger partial charge in [-0.2, -0.15) is 0 Å². The van der Waals surface area contributed by atoms with E-state index in [1.54, 1.807) is 18.1 Å². The fourth-order valence-electron chi connectivity index (χ4n) is 5.91. The predicted molar refractivity (Wildman–Crippen MR) is 179 cm³/mol. The number of alkyl halides is 3. The number of halogens is 3. The van der Waals surface area contributed by atoms with Crippen LogP contribution in [-0.2, 0) is 23.1 Å². The van der Waals surface area contributed by atoms with Crippen LogP contribution in [0.3, 0.4) is 0 Å². The predicted octanol–water partition coefficient (Wildman–Crippen LogP) is 6.99. The molecule has 0 saturated carbocycles. The Morgan fingerprint density at radius 2 is 1.64 bits per heavy atom. The maximum Gasteiger partial charge on any atom is 0.274 e. The van der Waals surface area contributed by atoms with Crippen LogP contribution in [0.2, 0.25) is 36.3 Å². The number of amides is 2. The highest BCUT2D eigenvalue weighted by atomic mass is 35.6. The summed E-state index contributed by atoms with van der Waals surface area (Å²) in [6.07, 6.45) is 1.29. The standard InChI is InChI=1S/C30H48Cl3N3O6Si2/c1-27(2,3)43(8,9)41-22-15-19-16-36-24(37)21-13-12-14-35(21)26(42-44(10,11)28(4,5)6)29(36,34-25(38)30(31,32)33)23(19)20(22)17-40-18-39-7/h12-14,19,22,26H,15-18H2,1-11H3,(H,34,38)/t19-,22-,26-,29+/m1/s1. The molecule has 3 heterocycles. The van der Waals surface area contributed by atoms with E-state index in [0.717, 1.165) is 11.1 Å². The molecule has 4 rings (SSSR count). The number of nitrogens with one attached hydrogen (secondary N) is 1. The first kappa shape index (κ1) is 35.9.